The lowest BCUT2D eigenvalue weighted by atomic mass is 10.1. The maximum Gasteiger partial charge on any atom is 0.180 e. The normalized spacial score (nSPS) is 21.9. The van der Waals surface area contributed by atoms with Crippen LogP contribution in [0.1, 0.15) is 25.1 Å². The maximum atomic E-state index is 5.64. The minimum atomic E-state index is 0.432. The standard InChI is InChI=1S/C11H19N3S2/c1-11(2)3-4-14(5-6-15-11)8-9-7-13-10(12)16-9/h7H,3-6,8H2,1-2H3,(H2,12,13). The van der Waals surface area contributed by atoms with Crippen molar-refractivity contribution in [3.05, 3.63) is 11.1 Å². The second kappa shape index (κ2) is 4.94. The van der Waals surface area contributed by atoms with Crippen molar-refractivity contribution in [3.8, 4) is 0 Å². The quantitative estimate of drug-likeness (QED) is 0.883. The number of aromatic nitrogens is 1. The van der Waals surface area contributed by atoms with Gasteiger partial charge in [-0.25, -0.2) is 4.98 Å². The van der Waals surface area contributed by atoms with Crippen LogP contribution in [0.25, 0.3) is 0 Å². The summed E-state index contributed by atoms with van der Waals surface area (Å²) < 4.78 is 0.432. The van der Waals surface area contributed by atoms with Crippen molar-refractivity contribution in [1.29, 1.82) is 0 Å². The molecule has 16 heavy (non-hydrogen) atoms. The highest BCUT2D eigenvalue weighted by molar-refractivity contribution is 8.00. The Kier molecular flexibility index (Phi) is 3.77. The summed E-state index contributed by atoms with van der Waals surface area (Å²) in [6.45, 7) is 8.03. The van der Waals surface area contributed by atoms with Gasteiger partial charge in [0.1, 0.15) is 0 Å². The summed E-state index contributed by atoms with van der Waals surface area (Å²) in [5.74, 6) is 1.22. The van der Waals surface area contributed by atoms with E-state index in [2.05, 4.69) is 35.5 Å². The van der Waals surface area contributed by atoms with E-state index >= 15 is 0 Å². The first kappa shape index (κ1) is 12.2. The SMILES string of the molecule is CC1(C)CCN(Cc2cnc(N)s2)CCS1. The lowest BCUT2D eigenvalue weighted by molar-refractivity contribution is 0.278. The fraction of sp³-hybridized carbons (Fsp3) is 0.727. The molecule has 1 saturated heterocycles. The Hall–Kier alpha value is -0.260. The summed E-state index contributed by atoms with van der Waals surface area (Å²) in [6, 6.07) is 0. The lowest BCUT2D eigenvalue weighted by Crippen LogP contribution is -2.26. The van der Waals surface area contributed by atoms with Crippen LogP contribution in [0.2, 0.25) is 0 Å². The van der Waals surface area contributed by atoms with Gasteiger partial charge in [0.05, 0.1) is 0 Å². The van der Waals surface area contributed by atoms with E-state index in [1.807, 2.05) is 6.20 Å². The summed E-state index contributed by atoms with van der Waals surface area (Å²) in [5, 5.41) is 0.680. The topological polar surface area (TPSA) is 42.2 Å². The molecule has 90 valence electrons. The Bertz CT molecular complexity index is 349. The summed E-state index contributed by atoms with van der Waals surface area (Å²) in [4.78, 5) is 7.89. The number of hydrogen-bond donors (Lipinski definition) is 1. The average molecular weight is 257 g/mol. The van der Waals surface area contributed by atoms with E-state index in [0.29, 0.717) is 9.88 Å². The van der Waals surface area contributed by atoms with Gasteiger partial charge in [-0.3, -0.25) is 4.90 Å². The largest absolute Gasteiger partial charge is 0.375 e. The molecule has 0 spiro atoms. The zero-order chi connectivity index (χ0) is 11.6. The van der Waals surface area contributed by atoms with Crippen LogP contribution in [0.3, 0.4) is 0 Å². The fourth-order valence-corrected chi connectivity index (χ4v) is 3.70. The average Bonchev–Trinajstić information content (AvgIpc) is 2.52. The van der Waals surface area contributed by atoms with Crippen molar-refractivity contribution in [2.45, 2.75) is 31.6 Å². The van der Waals surface area contributed by atoms with Crippen molar-refractivity contribution < 1.29 is 0 Å². The van der Waals surface area contributed by atoms with Crippen LogP contribution in [-0.2, 0) is 6.54 Å². The molecular formula is C11H19N3S2. The molecule has 0 atom stereocenters. The summed E-state index contributed by atoms with van der Waals surface area (Å²) in [6.07, 6.45) is 3.16. The molecule has 0 bridgehead atoms. The predicted molar refractivity (Wildman–Crippen MR) is 73.0 cm³/mol. The van der Waals surface area contributed by atoms with Crippen LogP contribution in [-0.4, -0.2) is 33.5 Å². The highest BCUT2D eigenvalue weighted by Crippen LogP contribution is 2.31. The van der Waals surface area contributed by atoms with Crippen LogP contribution in [0.4, 0.5) is 5.13 Å². The third kappa shape index (κ3) is 3.37. The monoisotopic (exact) mass is 257 g/mol. The fourth-order valence-electron chi connectivity index (χ4n) is 1.84. The molecule has 0 aliphatic carbocycles. The summed E-state index contributed by atoms with van der Waals surface area (Å²) in [7, 11) is 0. The molecule has 3 nitrogen and oxygen atoms in total. The third-order valence-corrected chi connectivity index (χ3v) is 5.06. The van der Waals surface area contributed by atoms with Crippen LogP contribution < -0.4 is 5.73 Å². The third-order valence-electron chi connectivity index (χ3n) is 2.88. The van der Waals surface area contributed by atoms with Gasteiger partial charge in [0.25, 0.3) is 0 Å². The van der Waals surface area contributed by atoms with Gasteiger partial charge in [-0.2, -0.15) is 11.8 Å². The molecule has 1 aromatic heterocycles. The molecule has 2 rings (SSSR count). The Labute approximate surface area is 105 Å². The van der Waals surface area contributed by atoms with Crippen LogP contribution >= 0.6 is 23.1 Å². The van der Waals surface area contributed by atoms with Gasteiger partial charge in [0.2, 0.25) is 0 Å². The number of thiazole rings is 1. The number of thioether (sulfide) groups is 1. The lowest BCUT2D eigenvalue weighted by Gasteiger charge is -2.22. The Morgan fingerprint density at radius 1 is 1.50 bits per heavy atom. The van der Waals surface area contributed by atoms with E-state index in [4.69, 9.17) is 5.73 Å². The number of hydrogen-bond acceptors (Lipinski definition) is 5. The highest BCUT2D eigenvalue weighted by atomic mass is 32.2. The number of nitrogen functional groups attached to an aromatic ring is 1. The molecule has 1 fully saturated rings. The molecule has 2 heterocycles. The zero-order valence-corrected chi connectivity index (χ0v) is 11.5. The van der Waals surface area contributed by atoms with E-state index in [1.54, 1.807) is 11.3 Å². The van der Waals surface area contributed by atoms with Crippen molar-refractivity contribution in [2.75, 3.05) is 24.6 Å². The van der Waals surface area contributed by atoms with Crippen LogP contribution in [0.15, 0.2) is 6.20 Å². The van der Waals surface area contributed by atoms with Crippen molar-refractivity contribution in [1.82, 2.24) is 9.88 Å². The van der Waals surface area contributed by atoms with E-state index in [-0.39, 0.29) is 0 Å². The number of nitrogens with two attached hydrogens (primary N) is 1. The molecule has 1 aliphatic heterocycles. The first-order valence-corrected chi connectivity index (χ1v) is 7.42. The maximum absolute atomic E-state index is 5.64. The van der Waals surface area contributed by atoms with Crippen molar-refractivity contribution in [2.24, 2.45) is 0 Å². The van der Waals surface area contributed by atoms with Gasteiger partial charge in [-0.05, 0) is 13.0 Å². The zero-order valence-electron chi connectivity index (χ0n) is 9.90. The van der Waals surface area contributed by atoms with E-state index in [0.717, 1.165) is 6.54 Å². The highest BCUT2D eigenvalue weighted by Gasteiger charge is 2.23. The van der Waals surface area contributed by atoms with Crippen LogP contribution in [0.5, 0.6) is 0 Å². The van der Waals surface area contributed by atoms with Gasteiger partial charge in [0.15, 0.2) is 5.13 Å². The number of anilines is 1. The van der Waals surface area contributed by atoms with E-state index in [9.17, 15) is 0 Å². The Morgan fingerprint density at radius 2 is 2.31 bits per heavy atom. The van der Waals surface area contributed by atoms with E-state index in [1.165, 1.54) is 30.1 Å². The Balaban J connectivity index is 1.91. The molecule has 0 radical (unpaired) electrons. The number of rotatable bonds is 2. The van der Waals surface area contributed by atoms with E-state index < -0.39 is 0 Å². The molecule has 0 amide bonds. The van der Waals surface area contributed by atoms with Crippen molar-refractivity contribution >= 4 is 28.2 Å². The van der Waals surface area contributed by atoms with Crippen LogP contribution in [0, 0.1) is 0 Å². The molecule has 0 aromatic carbocycles. The van der Waals surface area contributed by atoms with Crippen molar-refractivity contribution in [3.63, 3.8) is 0 Å². The van der Waals surface area contributed by atoms with Gasteiger partial charge >= 0.3 is 0 Å². The van der Waals surface area contributed by atoms with Gasteiger partial charge in [0, 0.05) is 34.7 Å². The first-order valence-electron chi connectivity index (χ1n) is 5.62. The molecule has 0 unspecified atom stereocenters. The molecule has 2 N–H and O–H groups in total. The van der Waals surface area contributed by atoms with Gasteiger partial charge < -0.3 is 5.73 Å². The smallest absolute Gasteiger partial charge is 0.180 e. The predicted octanol–water partition coefficient (Wildman–Crippen LogP) is 2.44. The van der Waals surface area contributed by atoms with Gasteiger partial charge in [-0.1, -0.05) is 13.8 Å². The molecule has 1 aromatic rings. The minimum Gasteiger partial charge on any atom is -0.375 e. The molecular weight excluding hydrogens is 238 g/mol. The Morgan fingerprint density at radius 3 is 3.00 bits per heavy atom. The minimum absolute atomic E-state index is 0.432. The second-order valence-electron chi connectivity index (χ2n) is 4.80. The molecule has 1 aliphatic rings. The summed E-state index contributed by atoms with van der Waals surface area (Å²) >= 11 is 3.69. The molecule has 0 saturated carbocycles. The first-order chi connectivity index (χ1) is 7.55. The second-order valence-corrected chi connectivity index (χ2v) is 7.75. The molecule has 5 heteroatoms. The van der Waals surface area contributed by atoms with Gasteiger partial charge in [-0.15, -0.1) is 11.3 Å². The number of nitrogens with zero attached hydrogens (tertiary/aromatic N) is 2. The summed E-state index contributed by atoms with van der Waals surface area (Å²) in [5.41, 5.74) is 5.64.